The predicted molar refractivity (Wildman–Crippen MR) is 74.8 cm³/mol. The highest BCUT2D eigenvalue weighted by Crippen LogP contribution is 2.46. The first-order valence-electron chi connectivity index (χ1n) is 6.11. The lowest BCUT2D eigenvalue weighted by Crippen LogP contribution is -2.25. The van der Waals surface area contributed by atoms with Gasteiger partial charge in [-0.3, -0.25) is 0 Å². The molecule has 1 saturated carbocycles. The number of aryl methyl sites for hydroxylation is 2. The van der Waals surface area contributed by atoms with Crippen molar-refractivity contribution in [2.45, 2.75) is 38.0 Å². The summed E-state index contributed by atoms with van der Waals surface area (Å²) in [7, 11) is 0. The Morgan fingerprint density at radius 2 is 1.88 bits per heavy atom. The van der Waals surface area contributed by atoms with Gasteiger partial charge in [-0.25, -0.2) is 0 Å². The smallest absolute Gasteiger partial charge is 0.121 e. The molecule has 1 aliphatic rings. The fourth-order valence-corrected chi connectivity index (χ4v) is 2.93. The van der Waals surface area contributed by atoms with Crippen LogP contribution in [-0.4, -0.2) is 22.7 Å². The average Bonchev–Trinajstić information content (AvgIpc) is 3.06. The van der Waals surface area contributed by atoms with Crippen LogP contribution >= 0.6 is 11.8 Å². The molecule has 94 valence electrons. The van der Waals surface area contributed by atoms with Gasteiger partial charge in [-0.1, -0.05) is 12.1 Å². The summed E-state index contributed by atoms with van der Waals surface area (Å²) in [6.07, 6.45) is 4.88. The molecule has 0 radical (unpaired) electrons. The minimum atomic E-state index is 0.427. The van der Waals surface area contributed by atoms with Gasteiger partial charge in [0.1, 0.15) is 5.75 Å². The van der Waals surface area contributed by atoms with E-state index in [1.807, 2.05) is 25.6 Å². The number of thioether (sulfide) groups is 1. The second-order valence-corrected chi connectivity index (χ2v) is 6.34. The van der Waals surface area contributed by atoms with Crippen molar-refractivity contribution < 1.29 is 5.11 Å². The molecule has 0 aromatic heterocycles. The average molecular weight is 251 g/mol. The Bertz CT molecular complexity index is 390. The molecule has 0 aliphatic heterocycles. The van der Waals surface area contributed by atoms with Gasteiger partial charge < -0.3 is 10.4 Å². The van der Waals surface area contributed by atoms with Crippen LogP contribution in [-0.2, 0) is 6.54 Å². The molecule has 0 atom stereocenters. The normalized spacial score (nSPS) is 17.1. The van der Waals surface area contributed by atoms with Crippen molar-refractivity contribution in [2.75, 3.05) is 12.8 Å². The Labute approximate surface area is 108 Å². The van der Waals surface area contributed by atoms with Gasteiger partial charge in [-0.15, -0.1) is 0 Å². The Balaban J connectivity index is 1.91. The second kappa shape index (κ2) is 4.91. The van der Waals surface area contributed by atoms with E-state index >= 15 is 0 Å². The van der Waals surface area contributed by atoms with E-state index in [4.69, 9.17) is 0 Å². The number of hydrogen-bond acceptors (Lipinski definition) is 3. The molecule has 1 fully saturated rings. The van der Waals surface area contributed by atoms with Crippen molar-refractivity contribution >= 4 is 11.8 Å². The van der Waals surface area contributed by atoms with Crippen LogP contribution in [0.1, 0.15) is 29.5 Å². The van der Waals surface area contributed by atoms with Crippen LogP contribution in [0.15, 0.2) is 12.1 Å². The third-order valence-electron chi connectivity index (χ3n) is 3.57. The summed E-state index contributed by atoms with van der Waals surface area (Å²) in [6.45, 7) is 5.89. The van der Waals surface area contributed by atoms with E-state index in [-0.39, 0.29) is 0 Å². The lowest BCUT2D eigenvalue weighted by atomic mass is 10.1. The Hall–Kier alpha value is -0.670. The van der Waals surface area contributed by atoms with Gasteiger partial charge >= 0.3 is 0 Å². The van der Waals surface area contributed by atoms with Crippen LogP contribution in [0.25, 0.3) is 0 Å². The second-order valence-electron chi connectivity index (χ2n) is 5.07. The Kier molecular flexibility index (Phi) is 3.69. The molecule has 0 heterocycles. The molecule has 1 aliphatic carbocycles. The lowest BCUT2D eigenvalue weighted by Gasteiger charge is -2.14. The number of hydrogen-bond donors (Lipinski definition) is 2. The van der Waals surface area contributed by atoms with Crippen LogP contribution in [0.2, 0.25) is 0 Å². The highest BCUT2D eigenvalue weighted by molar-refractivity contribution is 8.00. The molecular weight excluding hydrogens is 230 g/mol. The summed E-state index contributed by atoms with van der Waals surface area (Å²) in [4.78, 5) is 0. The zero-order chi connectivity index (χ0) is 12.5. The zero-order valence-electron chi connectivity index (χ0n) is 10.8. The molecule has 0 unspecified atom stereocenters. The summed E-state index contributed by atoms with van der Waals surface area (Å²) < 4.78 is 0.515. The minimum absolute atomic E-state index is 0.427. The number of rotatable bonds is 5. The summed E-state index contributed by atoms with van der Waals surface area (Å²) in [5.41, 5.74) is 3.19. The largest absolute Gasteiger partial charge is 0.507 e. The van der Waals surface area contributed by atoms with E-state index in [1.165, 1.54) is 18.4 Å². The number of phenolic OH excluding ortho intramolecular Hbond substituents is 1. The number of benzene rings is 1. The van der Waals surface area contributed by atoms with Crippen molar-refractivity contribution in [1.82, 2.24) is 5.32 Å². The van der Waals surface area contributed by atoms with Crippen LogP contribution in [0, 0.1) is 13.8 Å². The first kappa shape index (κ1) is 12.8. The molecule has 1 aromatic carbocycles. The van der Waals surface area contributed by atoms with Gasteiger partial charge in [0, 0.05) is 17.8 Å². The lowest BCUT2D eigenvalue weighted by molar-refractivity contribution is 0.466. The maximum atomic E-state index is 9.71. The Morgan fingerprint density at radius 3 is 2.35 bits per heavy atom. The molecule has 2 rings (SSSR count). The van der Waals surface area contributed by atoms with Gasteiger partial charge in [0.05, 0.1) is 0 Å². The molecule has 0 spiro atoms. The maximum absolute atomic E-state index is 9.71. The number of aromatic hydroxyl groups is 1. The number of nitrogens with one attached hydrogen (secondary N) is 1. The topological polar surface area (TPSA) is 32.3 Å². The molecular formula is C14H21NOS. The molecule has 0 saturated heterocycles. The van der Waals surface area contributed by atoms with Gasteiger partial charge in [0.15, 0.2) is 0 Å². The van der Waals surface area contributed by atoms with Crippen molar-refractivity contribution in [1.29, 1.82) is 0 Å². The van der Waals surface area contributed by atoms with Gasteiger partial charge in [-0.05, 0) is 49.6 Å². The highest BCUT2D eigenvalue weighted by atomic mass is 32.2. The van der Waals surface area contributed by atoms with E-state index < -0.39 is 0 Å². The fraction of sp³-hybridized carbons (Fsp3) is 0.571. The Morgan fingerprint density at radius 1 is 1.29 bits per heavy atom. The molecule has 1 aromatic rings. The number of phenols is 1. The first-order chi connectivity index (χ1) is 8.06. The molecule has 2 nitrogen and oxygen atoms in total. The molecule has 3 heteroatoms. The summed E-state index contributed by atoms with van der Waals surface area (Å²) >= 11 is 1.98. The van der Waals surface area contributed by atoms with E-state index in [0.29, 0.717) is 10.5 Å². The molecule has 0 bridgehead atoms. The van der Waals surface area contributed by atoms with Crippen LogP contribution in [0.3, 0.4) is 0 Å². The van der Waals surface area contributed by atoms with E-state index in [2.05, 4.69) is 23.7 Å². The monoisotopic (exact) mass is 251 g/mol. The third kappa shape index (κ3) is 2.96. The minimum Gasteiger partial charge on any atom is -0.507 e. The summed E-state index contributed by atoms with van der Waals surface area (Å²) in [6, 6.07) is 4.13. The van der Waals surface area contributed by atoms with Crippen molar-refractivity contribution in [2.24, 2.45) is 0 Å². The highest BCUT2D eigenvalue weighted by Gasteiger charge is 2.41. The first-order valence-corrected chi connectivity index (χ1v) is 7.34. The quantitative estimate of drug-likeness (QED) is 0.844. The van der Waals surface area contributed by atoms with Crippen molar-refractivity contribution in [3.8, 4) is 5.75 Å². The van der Waals surface area contributed by atoms with E-state index in [0.717, 1.165) is 24.2 Å². The van der Waals surface area contributed by atoms with Crippen LogP contribution < -0.4 is 5.32 Å². The van der Waals surface area contributed by atoms with Crippen LogP contribution in [0.5, 0.6) is 5.75 Å². The summed E-state index contributed by atoms with van der Waals surface area (Å²) in [5.74, 6) is 0.427. The summed E-state index contributed by atoms with van der Waals surface area (Å²) in [5, 5.41) is 13.2. The standard InChI is InChI=1S/C14H21NOS/c1-10-6-12(7-11(2)13(10)16)8-15-9-14(17-3)4-5-14/h6-7,15-16H,4-5,8-9H2,1-3H3. The van der Waals surface area contributed by atoms with E-state index in [9.17, 15) is 5.11 Å². The predicted octanol–water partition coefficient (Wildman–Crippen LogP) is 2.99. The third-order valence-corrected chi connectivity index (χ3v) is 4.99. The van der Waals surface area contributed by atoms with Crippen molar-refractivity contribution in [3.63, 3.8) is 0 Å². The SMILES string of the molecule is CSC1(CNCc2cc(C)c(O)c(C)c2)CC1. The fourth-order valence-electron chi connectivity index (χ4n) is 2.17. The molecule has 17 heavy (non-hydrogen) atoms. The van der Waals surface area contributed by atoms with Gasteiger partial charge in [0.25, 0.3) is 0 Å². The molecule has 2 N–H and O–H groups in total. The van der Waals surface area contributed by atoms with E-state index in [1.54, 1.807) is 0 Å². The van der Waals surface area contributed by atoms with Gasteiger partial charge in [-0.2, -0.15) is 11.8 Å². The van der Waals surface area contributed by atoms with Crippen LogP contribution in [0.4, 0.5) is 0 Å². The van der Waals surface area contributed by atoms with Crippen molar-refractivity contribution in [3.05, 3.63) is 28.8 Å². The molecule has 0 amide bonds. The van der Waals surface area contributed by atoms with Gasteiger partial charge in [0.2, 0.25) is 0 Å². The maximum Gasteiger partial charge on any atom is 0.121 e. The zero-order valence-corrected chi connectivity index (χ0v) is 11.7.